The molecule has 1 aliphatic heterocycles. The van der Waals surface area contributed by atoms with Crippen molar-refractivity contribution in [1.29, 1.82) is 0 Å². The van der Waals surface area contributed by atoms with Crippen molar-refractivity contribution in [3.63, 3.8) is 0 Å². The molecule has 0 unspecified atom stereocenters. The fourth-order valence-corrected chi connectivity index (χ4v) is 2.61. The normalized spacial score (nSPS) is 21.9. The smallest absolute Gasteiger partial charge is 0.410 e. The number of hydrogen-bond acceptors (Lipinski definition) is 4. The molecule has 21 heavy (non-hydrogen) atoms. The predicted molar refractivity (Wildman–Crippen MR) is 77.7 cm³/mol. The van der Waals surface area contributed by atoms with E-state index in [0.29, 0.717) is 13.0 Å². The molecule has 0 radical (unpaired) electrons. The van der Waals surface area contributed by atoms with Crippen molar-refractivity contribution < 1.29 is 19.4 Å². The molecule has 1 fully saturated rings. The zero-order valence-corrected chi connectivity index (χ0v) is 12.2. The summed E-state index contributed by atoms with van der Waals surface area (Å²) in [5.41, 5.74) is 0.909. The molecular formula is C16H21NO4. The molecular weight excluding hydrogens is 270 g/mol. The summed E-state index contributed by atoms with van der Waals surface area (Å²) < 4.78 is 5.29. The van der Waals surface area contributed by atoms with Crippen molar-refractivity contribution >= 4 is 11.9 Å². The maximum absolute atomic E-state index is 12.2. The van der Waals surface area contributed by atoms with E-state index < -0.39 is 18.2 Å². The topological polar surface area (TPSA) is 66.8 Å². The molecule has 0 saturated carbocycles. The highest BCUT2D eigenvalue weighted by molar-refractivity contribution is 5.77. The highest BCUT2D eigenvalue weighted by Gasteiger charge is 2.34. The number of ketones is 1. The van der Waals surface area contributed by atoms with E-state index in [1.807, 2.05) is 30.3 Å². The van der Waals surface area contributed by atoms with Gasteiger partial charge in [0, 0.05) is 13.0 Å². The molecule has 1 N–H and O–H groups in total. The summed E-state index contributed by atoms with van der Waals surface area (Å²) in [6.45, 7) is 2.18. The van der Waals surface area contributed by atoms with Gasteiger partial charge in [-0.1, -0.05) is 30.3 Å². The van der Waals surface area contributed by atoms with Crippen LogP contribution in [0.15, 0.2) is 30.3 Å². The summed E-state index contributed by atoms with van der Waals surface area (Å²) >= 11 is 0. The first-order chi connectivity index (χ1) is 10.1. The fraction of sp³-hybridized carbons (Fsp3) is 0.500. The van der Waals surface area contributed by atoms with Crippen LogP contribution in [0.5, 0.6) is 0 Å². The third-order valence-corrected chi connectivity index (χ3v) is 3.68. The lowest BCUT2D eigenvalue weighted by molar-refractivity contribution is -0.119. The quantitative estimate of drug-likeness (QED) is 0.923. The second-order valence-corrected chi connectivity index (χ2v) is 5.42. The Kier molecular flexibility index (Phi) is 5.33. The maximum Gasteiger partial charge on any atom is 0.410 e. The van der Waals surface area contributed by atoms with Gasteiger partial charge < -0.3 is 14.7 Å². The van der Waals surface area contributed by atoms with Gasteiger partial charge in [-0.05, 0) is 25.3 Å². The molecule has 1 aromatic carbocycles. The Morgan fingerprint density at radius 2 is 2.05 bits per heavy atom. The van der Waals surface area contributed by atoms with Gasteiger partial charge in [0.1, 0.15) is 12.4 Å². The lowest BCUT2D eigenvalue weighted by Gasteiger charge is -2.37. The standard InChI is InChI=1S/C16H21NO4/c1-12(18)10-14-15(19)8-5-9-17(14)16(20)21-11-13-6-3-2-4-7-13/h2-4,6-7,14-15,19H,5,8-11H2,1H3/t14-,15+/m1/s1. The number of rotatable bonds is 4. The first kappa shape index (κ1) is 15.5. The van der Waals surface area contributed by atoms with Crippen LogP contribution < -0.4 is 0 Å². The Labute approximate surface area is 124 Å². The van der Waals surface area contributed by atoms with Crippen LogP contribution in [0.3, 0.4) is 0 Å². The number of carbonyl (C=O) groups excluding carboxylic acids is 2. The summed E-state index contributed by atoms with van der Waals surface area (Å²) in [5.74, 6) is -0.0400. The molecule has 0 aliphatic carbocycles. The molecule has 1 amide bonds. The maximum atomic E-state index is 12.2. The van der Waals surface area contributed by atoms with E-state index in [0.717, 1.165) is 12.0 Å². The Balaban J connectivity index is 1.96. The number of hydrogen-bond donors (Lipinski definition) is 1. The van der Waals surface area contributed by atoms with Crippen LogP contribution in [0.1, 0.15) is 31.7 Å². The van der Waals surface area contributed by atoms with E-state index in [2.05, 4.69) is 0 Å². The van der Waals surface area contributed by atoms with Gasteiger partial charge >= 0.3 is 6.09 Å². The molecule has 114 valence electrons. The number of aliphatic hydroxyl groups is 1. The zero-order valence-electron chi connectivity index (χ0n) is 12.2. The van der Waals surface area contributed by atoms with Crippen molar-refractivity contribution in [1.82, 2.24) is 4.90 Å². The van der Waals surface area contributed by atoms with Gasteiger partial charge in [0.25, 0.3) is 0 Å². The van der Waals surface area contributed by atoms with Gasteiger partial charge in [0.05, 0.1) is 12.1 Å². The summed E-state index contributed by atoms with van der Waals surface area (Å²) in [6, 6.07) is 8.95. The Morgan fingerprint density at radius 1 is 1.33 bits per heavy atom. The molecule has 0 aromatic heterocycles. The molecule has 0 bridgehead atoms. The first-order valence-corrected chi connectivity index (χ1v) is 7.22. The minimum absolute atomic E-state index is 0.0400. The second kappa shape index (κ2) is 7.22. The van der Waals surface area contributed by atoms with Gasteiger partial charge in [-0.2, -0.15) is 0 Å². The number of Topliss-reactive ketones (excluding diaryl/α,β-unsaturated/α-hetero) is 1. The van der Waals surface area contributed by atoms with Crippen molar-refractivity contribution in [2.45, 2.75) is 44.9 Å². The largest absolute Gasteiger partial charge is 0.445 e. The molecule has 0 spiro atoms. The highest BCUT2D eigenvalue weighted by Crippen LogP contribution is 2.22. The zero-order chi connectivity index (χ0) is 15.2. The van der Waals surface area contributed by atoms with Crippen LogP contribution >= 0.6 is 0 Å². The fourth-order valence-electron chi connectivity index (χ4n) is 2.61. The first-order valence-electron chi connectivity index (χ1n) is 7.22. The van der Waals surface area contributed by atoms with Crippen molar-refractivity contribution in [3.8, 4) is 0 Å². The van der Waals surface area contributed by atoms with Crippen molar-refractivity contribution in [3.05, 3.63) is 35.9 Å². The Bertz CT molecular complexity index is 488. The molecule has 1 heterocycles. The Hall–Kier alpha value is -1.88. The number of ether oxygens (including phenoxy) is 1. The van der Waals surface area contributed by atoms with Crippen LogP contribution in [-0.2, 0) is 16.1 Å². The molecule has 5 nitrogen and oxygen atoms in total. The number of aliphatic hydroxyl groups excluding tert-OH is 1. The van der Waals surface area contributed by atoms with Gasteiger partial charge in [-0.25, -0.2) is 4.79 Å². The average Bonchev–Trinajstić information content (AvgIpc) is 2.47. The number of nitrogens with zero attached hydrogens (tertiary/aromatic N) is 1. The SMILES string of the molecule is CC(=O)C[C@@H]1[C@@H](O)CCCN1C(=O)OCc1ccccc1. The van der Waals surface area contributed by atoms with Crippen LogP contribution in [0.25, 0.3) is 0 Å². The van der Waals surface area contributed by atoms with Crippen LogP contribution in [0.4, 0.5) is 4.79 Å². The third-order valence-electron chi connectivity index (χ3n) is 3.68. The second-order valence-electron chi connectivity index (χ2n) is 5.42. The molecule has 2 rings (SSSR count). The monoisotopic (exact) mass is 291 g/mol. The minimum Gasteiger partial charge on any atom is -0.445 e. The van der Waals surface area contributed by atoms with Gasteiger partial charge in [-0.15, -0.1) is 0 Å². The number of benzene rings is 1. The average molecular weight is 291 g/mol. The van der Waals surface area contributed by atoms with Gasteiger partial charge in [-0.3, -0.25) is 4.79 Å². The summed E-state index contributed by atoms with van der Waals surface area (Å²) in [5, 5.41) is 10.0. The van der Waals surface area contributed by atoms with Gasteiger partial charge in [0.2, 0.25) is 0 Å². The number of carbonyl (C=O) groups is 2. The van der Waals surface area contributed by atoms with Crippen molar-refractivity contribution in [2.75, 3.05) is 6.54 Å². The van der Waals surface area contributed by atoms with Crippen LogP contribution in [-0.4, -0.2) is 40.6 Å². The summed E-state index contributed by atoms with van der Waals surface area (Å²) in [6.07, 6.45) is 0.369. The molecule has 2 atom stereocenters. The number of amides is 1. The van der Waals surface area contributed by atoms with Gasteiger partial charge in [0.15, 0.2) is 0 Å². The Morgan fingerprint density at radius 3 is 2.71 bits per heavy atom. The van der Waals surface area contributed by atoms with E-state index in [-0.39, 0.29) is 18.8 Å². The van der Waals surface area contributed by atoms with E-state index in [1.54, 1.807) is 0 Å². The highest BCUT2D eigenvalue weighted by atomic mass is 16.6. The van der Waals surface area contributed by atoms with E-state index in [9.17, 15) is 14.7 Å². The van der Waals surface area contributed by atoms with E-state index >= 15 is 0 Å². The summed E-state index contributed by atoms with van der Waals surface area (Å²) in [4.78, 5) is 25.0. The van der Waals surface area contributed by atoms with E-state index in [1.165, 1.54) is 11.8 Å². The summed E-state index contributed by atoms with van der Waals surface area (Å²) in [7, 11) is 0. The molecule has 5 heteroatoms. The van der Waals surface area contributed by atoms with Crippen LogP contribution in [0.2, 0.25) is 0 Å². The number of piperidine rings is 1. The van der Waals surface area contributed by atoms with E-state index in [4.69, 9.17) is 4.74 Å². The molecule has 1 aromatic rings. The van der Waals surface area contributed by atoms with Crippen molar-refractivity contribution in [2.24, 2.45) is 0 Å². The lowest BCUT2D eigenvalue weighted by atomic mass is 9.95. The number of likely N-dealkylation sites (tertiary alicyclic amines) is 1. The minimum atomic E-state index is -0.660. The van der Waals surface area contributed by atoms with Crippen LogP contribution in [0, 0.1) is 0 Å². The third kappa shape index (κ3) is 4.29. The molecule has 1 aliphatic rings. The lowest BCUT2D eigenvalue weighted by Crippen LogP contribution is -2.51. The molecule has 1 saturated heterocycles. The predicted octanol–water partition coefficient (Wildman–Crippen LogP) is 2.13.